The summed E-state index contributed by atoms with van der Waals surface area (Å²) < 4.78 is 26.6. The van der Waals surface area contributed by atoms with Gasteiger partial charge >= 0.3 is 0 Å². The van der Waals surface area contributed by atoms with Crippen LogP contribution in [0, 0.1) is 0 Å². The molecule has 0 N–H and O–H groups in total. The van der Waals surface area contributed by atoms with Gasteiger partial charge in [-0.2, -0.15) is 0 Å². The quantitative estimate of drug-likeness (QED) is 0.413. The van der Waals surface area contributed by atoms with E-state index in [1.807, 2.05) is 37.2 Å². The number of aryl methyl sites for hydroxylation is 1. The van der Waals surface area contributed by atoms with Gasteiger partial charge in [-0.1, -0.05) is 42.0 Å². The minimum atomic E-state index is -3.80. The average Bonchev–Trinajstić information content (AvgIpc) is 3.14. The lowest BCUT2D eigenvalue weighted by molar-refractivity contribution is -0.116. The molecule has 10 heteroatoms. The van der Waals surface area contributed by atoms with Crippen molar-refractivity contribution >= 4 is 66.4 Å². The largest absolute Gasteiger partial charge is 0.309 e. The standard InChI is InChI=1S/C22H26ClN3O3S2.ClH/c1-4-16-7-5-8-19-21(16)24-22(30-19)26(14-6-13-25(2)3)20(27)15-31(28,29)18-11-9-17(23)10-12-18;/h5,7-12H,4,6,13-15H2,1-3H3;1H. The lowest BCUT2D eigenvalue weighted by atomic mass is 10.1. The fourth-order valence-corrected chi connectivity index (χ4v) is 5.61. The summed E-state index contributed by atoms with van der Waals surface area (Å²) in [5, 5.41) is 0.975. The van der Waals surface area contributed by atoms with Crippen LogP contribution in [0.15, 0.2) is 47.4 Å². The van der Waals surface area contributed by atoms with Crippen LogP contribution in [0.5, 0.6) is 0 Å². The van der Waals surface area contributed by atoms with E-state index < -0.39 is 21.5 Å². The summed E-state index contributed by atoms with van der Waals surface area (Å²) in [6.45, 7) is 3.24. The number of carbonyl (C=O) groups excluding carboxylic acids is 1. The average molecular weight is 517 g/mol. The first-order valence-electron chi connectivity index (χ1n) is 10.0. The number of nitrogens with zero attached hydrogens (tertiary/aromatic N) is 3. The Morgan fingerprint density at radius 3 is 2.41 bits per heavy atom. The van der Waals surface area contributed by atoms with Crippen LogP contribution in [0.1, 0.15) is 18.9 Å². The molecule has 0 unspecified atom stereocenters. The van der Waals surface area contributed by atoms with Crippen molar-refractivity contribution in [3.63, 3.8) is 0 Å². The van der Waals surface area contributed by atoms with Crippen LogP contribution in [-0.2, 0) is 21.1 Å². The van der Waals surface area contributed by atoms with Crippen LogP contribution in [0.2, 0.25) is 5.02 Å². The molecule has 0 saturated heterocycles. The van der Waals surface area contributed by atoms with Crippen molar-refractivity contribution in [3.8, 4) is 0 Å². The van der Waals surface area contributed by atoms with Gasteiger partial charge in [-0.25, -0.2) is 13.4 Å². The Labute approximate surface area is 204 Å². The summed E-state index contributed by atoms with van der Waals surface area (Å²) in [6, 6.07) is 11.8. The van der Waals surface area contributed by atoms with Crippen LogP contribution in [0.3, 0.4) is 0 Å². The Balaban J connectivity index is 0.00000363. The van der Waals surface area contributed by atoms with Crippen molar-refractivity contribution in [1.82, 2.24) is 9.88 Å². The molecule has 1 aromatic heterocycles. The Bertz CT molecular complexity index is 1160. The highest BCUT2D eigenvalue weighted by atomic mass is 35.5. The van der Waals surface area contributed by atoms with E-state index >= 15 is 0 Å². The Hall–Kier alpha value is -1.71. The molecule has 6 nitrogen and oxygen atoms in total. The number of sulfone groups is 1. The number of hydrogen-bond donors (Lipinski definition) is 0. The molecular weight excluding hydrogens is 489 g/mol. The second-order valence-electron chi connectivity index (χ2n) is 7.53. The van der Waals surface area contributed by atoms with E-state index in [4.69, 9.17) is 16.6 Å². The third kappa shape index (κ3) is 6.42. The van der Waals surface area contributed by atoms with Gasteiger partial charge in [0, 0.05) is 11.6 Å². The van der Waals surface area contributed by atoms with E-state index in [9.17, 15) is 13.2 Å². The number of benzene rings is 2. The summed E-state index contributed by atoms with van der Waals surface area (Å²) in [5.41, 5.74) is 1.98. The van der Waals surface area contributed by atoms with Gasteiger partial charge in [-0.3, -0.25) is 9.69 Å². The minimum absolute atomic E-state index is 0. The summed E-state index contributed by atoms with van der Waals surface area (Å²) >= 11 is 7.28. The molecule has 0 aliphatic rings. The molecule has 0 aliphatic carbocycles. The molecule has 0 saturated carbocycles. The predicted octanol–water partition coefficient (Wildman–Crippen LogP) is 4.69. The molecule has 1 heterocycles. The van der Waals surface area contributed by atoms with E-state index in [-0.39, 0.29) is 17.3 Å². The fourth-order valence-electron chi connectivity index (χ4n) is 3.23. The first-order valence-corrected chi connectivity index (χ1v) is 12.9. The molecule has 32 heavy (non-hydrogen) atoms. The second kappa shape index (κ2) is 11.4. The van der Waals surface area contributed by atoms with Gasteiger partial charge in [0.05, 0.1) is 15.1 Å². The van der Waals surface area contributed by atoms with Gasteiger partial charge < -0.3 is 4.90 Å². The molecular formula is C22H27Cl2N3O3S2. The van der Waals surface area contributed by atoms with Crippen LogP contribution in [0.25, 0.3) is 10.2 Å². The minimum Gasteiger partial charge on any atom is -0.309 e. The summed E-state index contributed by atoms with van der Waals surface area (Å²) in [5.74, 6) is -1.10. The predicted molar refractivity (Wildman–Crippen MR) is 135 cm³/mol. The number of aromatic nitrogens is 1. The SMILES string of the molecule is CCc1cccc2sc(N(CCCN(C)C)C(=O)CS(=O)(=O)c3ccc(Cl)cc3)nc12.Cl. The lowest BCUT2D eigenvalue weighted by Gasteiger charge is -2.21. The number of anilines is 1. The smallest absolute Gasteiger partial charge is 0.244 e. The van der Waals surface area contributed by atoms with Crippen LogP contribution >= 0.6 is 35.3 Å². The van der Waals surface area contributed by atoms with Gasteiger partial charge in [0.2, 0.25) is 5.91 Å². The maximum atomic E-state index is 13.2. The zero-order valence-corrected chi connectivity index (χ0v) is 21.5. The zero-order valence-electron chi connectivity index (χ0n) is 18.2. The number of hydrogen-bond acceptors (Lipinski definition) is 6. The highest BCUT2D eigenvalue weighted by molar-refractivity contribution is 7.92. The number of halogens is 2. The van der Waals surface area contributed by atoms with Crippen LogP contribution < -0.4 is 4.90 Å². The summed E-state index contributed by atoms with van der Waals surface area (Å²) in [6.07, 6.45) is 1.54. The number of fused-ring (bicyclic) bond motifs is 1. The van der Waals surface area contributed by atoms with Crippen molar-refractivity contribution in [1.29, 1.82) is 0 Å². The maximum Gasteiger partial charge on any atom is 0.244 e. The van der Waals surface area contributed by atoms with Gasteiger partial charge in [-0.15, -0.1) is 12.4 Å². The van der Waals surface area contributed by atoms with Crippen molar-refractivity contribution in [3.05, 3.63) is 53.1 Å². The van der Waals surface area contributed by atoms with Crippen LogP contribution in [-0.4, -0.2) is 57.1 Å². The van der Waals surface area contributed by atoms with Crippen molar-refractivity contribution in [2.45, 2.75) is 24.7 Å². The molecule has 0 fully saturated rings. The maximum absolute atomic E-state index is 13.2. The normalized spacial score (nSPS) is 11.5. The molecule has 2 aromatic carbocycles. The number of carbonyl (C=O) groups is 1. The Kier molecular flexibility index (Phi) is 9.48. The van der Waals surface area contributed by atoms with E-state index in [0.29, 0.717) is 23.1 Å². The molecule has 0 atom stereocenters. The number of amides is 1. The van der Waals surface area contributed by atoms with E-state index in [0.717, 1.165) is 28.7 Å². The molecule has 3 aromatic rings. The molecule has 0 spiro atoms. The zero-order chi connectivity index (χ0) is 22.6. The number of para-hydroxylation sites is 1. The summed E-state index contributed by atoms with van der Waals surface area (Å²) in [7, 11) is 0.124. The highest BCUT2D eigenvalue weighted by Gasteiger charge is 2.26. The lowest BCUT2D eigenvalue weighted by Crippen LogP contribution is -2.37. The molecule has 1 amide bonds. The van der Waals surface area contributed by atoms with Crippen molar-refractivity contribution in [2.24, 2.45) is 0 Å². The van der Waals surface area contributed by atoms with E-state index in [1.54, 1.807) is 0 Å². The van der Waals surface area contributed by atoms with Gasteiger partial charge in [0.25, 0.3) is 0 Å². The molecule has 0 aliphatic heterocycles. The second-order valence-corrected chi connectivity index (χ2v) is 11.0. The van der Waals surface area contributed by atoms with Gasteiger partial charge in [0.1, 0.15) is 5.75 Å². The van der Waals surface area contributed by atoms with Crippen LogP contribution in [0.4, 0.5) is 5.13 Å². The van der Waals surface area contributed by atoms with Crippen molar-refractivity contribution < 1.29 is 13.2 Å². The topological polar surface area (TPSA) is 70.6 Å². The molecule has 3 rings (SSSR count). The monoisotopic (exact) mass is 515 g/mol. The molecule has 174 valence electrons. The van der Waals surface area contributed by atoms with Gasteiger partial charge in [-0.05, 0) is 69.4 Å². The highest BCUT2D eigenvalue weighted by Crippen LogP contribution is 2.31. The summed E-state index contributed by atoms with van der Waals surface area (Å²) in [4.78, 5) is 21.5. The molecule has 0 radical (unpaired) electrons. The fraction of sp³-hybridized carbons (Fsp3) is 0.364. The van der Waals surface area contributed by atoms with Gasteiger partial charge in [0.15, 0.2) is 15.0 Å². The third-order valence-corrected chi connectivity index (χ3v) is 7.79. The van der Waals surface area contributed by atoms with Crippen molar-refractivity contribution in [2.75, 3.05) is 37.8 Å². The number of thiazole rings is 1. The first-order chi connectivity index (χ1) is 14.7. The first kappa shape index (κ1) is 26.5. The molecule has 0 bridgehead atoms. The Morgan fingerprint density at radius 2 is 1.78 bits per heavy atom. The van der Waals surface area contributed by atoms with E-state index in [1.165, 1.54) is 40.5 Å². The van der Waals surface area contributed by atoms with E-state index in [2.05, 4.69) is 6.92 Å². The Morgan fingerprint density at radius 1 is 1.09 bits per heavy atom. The number of rotatable bonds is 9. The third-order valence-electron chi connectivity index (χ3n) is 4.88.